The molecule has 28 valence electrons. The van der Waals surface area contributed by atoms with Crippen molar-refractivity contribution in [2.24, 2.45) is 0 Å². The van der Waals surface area contributed by atoms with Crippen LogP contribution in [-0.2, 0) is 0 Å². The first kappa shape index (κ1) is 9.03. The predicted molar refractivity (Wildman–Crippen MR) is 19.6 cm³/mol. The Morgan fingerprint density at radius 2 is 1.25 bits per heavy atom. The SMILES string of the molecule is CCC.O. The maximum atomic E-state index is 2.12. The van der Waals surface area contributed by atoms with Gasteiger partial charge in [-0.25, -0.2) is 0 Å². The Morgan fingerprint density at radius 1 is 1.25 bits per heavy atom. The first-order valence-corrected chi connectivity index (χ1v) is 1.41. The molecular weight excluding hydrogens is 52.0 g/mol. The van der Waals surface area contributed by atoms with Crippen molar-refractivity contribution in [1.82, 2.24) is 0 Å². The third kappa shape index (κ3) is 1130. The van der Waals surface area contributed by atoms with E-state index in [1.165, 1.54) is 6.42 Å². The molecule has 0 aliphatic rings. The van der Waals surface area contributed by atoms with Crippen LogP contribution in [0.3, 0.4) is 0 Å². The van der Waals surface area contributed by atoms with Crippen molar-refractivity contribution < 1.29 is 5.48 Å². The van der Waals surface area contributed by atoms with E-state index in [1.54, 1.807) is 0 Å². The molecule has 0 aromatic heterocycles. The second kappa shape index (κ2) is 12.3. The third-order valence-corrected chi connectivity index (χ3v) is 0. The summed E-state index contributed by atoms with van der Waals surface area (Å²) < 4.78 is 0. The van der Waals surface area contributed by atoms with Gasteiger partial charge in [0.1, 0.15) is 0 Å². The summed E-state index contributed by atoms with van der Waals surface area (Å²) in [6.07, 6.45) is 1.25. The van der Waals surface area contributed by atoms with E-state index in [2.05, 4.69) is 13.8 Å². The average molecular weight is 62.1 g/mol. The van der Waals surface area contributed by atoms with E-state index in [9.17, 15) is 0 Å². The number of hydrogen-bond donors (Lipinski definition) is 0. The lowest BCUT2D eigenvalue weighted by Gasteiger charge is -1.48. The molecule has 0 aliphatic carbocycles. The van der Waals surface area contributed by atoms with Crippen molar-refractivity contribution in [2.75, 3.05) is 0 Å². The Morgan fingerprint density at radius 3 is 1.25 bits per heavy atom. The summed E-state index contributed by atoms with van der Waals surface area (Å²) in [5.41, 5.74) is 0. The zero-order valence-electron chi connectivity index (χ0n) is 3.21. The lowest BCUT2D eigenvalue weighted by atomic mass is 10.6. The lowest BCUT2D eigenvalue weighted by Crippen LogP contribution is -1.27. The largest absolute Gasteiger partial charge is 0.412 e. The van der Waals surface area contributed by atoms with Gasteiger partial charge in [0.2, 0.25) is 0 Å². The molecule has 0 aromatic carbocycles. The Labute approximate surface area is 26.9 Å². The van der Waals surface area contributed by atoms with Crippen LogP contribution in [0.1, 0.15) is 20.3 Å². The van der Waals surface area contributed by atoms with Gasteiger partial charge >= 0.3 is 0 Å². The molecule has 4 heavy (non-hydrogen) atoms. The van der Waals surface area contributed by atoms with E-state index in [4.69, 9.17) is 0 Å². The fourth-order valence-corrected chi connectivity index (χ4v) is 0. The first-order chi connectivity index (χ1) is 1.41. The molecule has 0 unspecified atom stereocenters. The molecule has 0 heterocycles. The van der Waals surface area contributed by atoms with Gasteiger partial charge in [0.25, 0.3) is 0 Å². The lowest BCUT2D eigenvalue weighted by molar-refractivity contribution is 0.824. The summed E-state index contributed by atoms with van der Waals surface area (Å²) in [7, 11) is 0. The first-order valence-electron chi connectivity index (χ1n) is 1.41. The Bertz CT molecular complexity index is 3.25. The molecule has 2 N–H and O–H groups in total. The van der Waals surface area contributed by atoms with Crippen LogP contribution in [-0.4, -0.2) is 5.48 Å². The summed E-state index contributed by atoms with van der Waals surface area (Å²) in [5.74, 6) is 0. The highest BCUT2D eigenvalue weighted by atomic mass is 16.0. The van der Waals surface area contributed by atoms with Gasteiger partial charge in [-0.05, 0) is 0 Å². The summed E-state index contributed by atoms with van der Waals surface area (Å²) >= 11 is 0. The minimum Gasteiger partial charge on any atom is -0.412 e. The van der Waals surface area contributed by atoms with Gasteiger partial charge < -0.3 is 5.48 Å². The molecule has 0 aromatic rings. The Kier molecular flexibility index (Phi) is 27.9. The maximum absolute atomic E-state index is 2.12. The Hall–Kier alpha value is -0.0400. The summed E-state index contributed by atoms with van der Waals surface area (Å²) in [6.45, 7) is 4.25. The van der Waals surface area contributed by atoms with Gasteiger partial charge in [0.05, 0.1) is 0 Å². The minimum absolute atomic E-state index is 0. The highest BCUT2D eigenvalue weighted by molar-refractivity contribution is 3.92. The molecular formula is C3H10O. The molecule has 0 radical (unpaired) electrons. The van der Waals surface area contributed by atoms with Gasteiger partial charge in [-0.1, -0.05) is 20.3 Å². The molecule has 0 atom stereocenters. The summed E-state index contributed by atoms with van der Waals surface area (Å²) in [5, 5.41) is 0. The van der Waals surface area contributed by atoms with E-state index < -0.39 is 0 Å². The molecule has 1 heteroatoms. The molecule has 1 nitrogen and oxygen atoms in total. The van der Waals surface area contributed by atoms with Crippen molar-refractivity contribution in [3.63, 3.8) is 0 Å². The van der Waals surface area contributed by atoms with Crippen molar-refractivity contribution in [3.8, 4) is 0 Å². The van der Waals surface area contributed by atoms with E-state index in [-0.39, 0.29) is 5.48 Å². The standard InChI is InChI=1S/C3H8.H2O/c1-3-2;/h3H2,1-2H3;1H2. The van der Waals surface area contributed by atoms with Gasteiger partial charge in [-0.2, -0.15) is 0 Å². The van der Waals surface area contributed by atoms with Gasteiger partial charge in [-0.3, -0.25) is 0 Å². The monoisotopic (exact) mass is 62.1 g/mol. The number of hydrogen-bond acceptors (Lipinski definition) is 0. The molecule has 0 saturated carbocycles. The zero-order chi connectivity index (χ0) is 2.71. The van der Waals surface area contributed by atoms with Crippen molar-refractivity contribution in [2.45, 2.75) is 20.3 Å². The van der Waals surface area contributed by atoms with Crippen LogP contribution in [0.5, 0.6) is 0 Å². The Balaban J connectivity index is 0. The van der Waals surface area contributed by atoms with Crippen LogP contribution in [0.4, 0.5) is 0 Å². The van der Waals surface area contributed by atoms with E-state index >= 15 is 0 Å². The average Bonchev–Trinajstić information content (AvgIpc) is 0.918. The van der Waals surface area contributed by atoms with Crippen molar-refractivity contribution in [1.29, 1.82) is 0 Å². The van der Waals surface area contributed by atoms with Gasteiger partial charge in [-0.15, -0.1) is 0 Å². The van der Waals surface area contributed by atoms with Crippen molar-refractivity contribution >= 4 is 0 Å². The summed E-state index contributed by atoms with van der Waals surface area (Å²) in [6, 6.07) is 0. The molecule has 0 rings (SSSR count). The van der Waals surface area contributed by atoms with Gasteiger partial charge in [0, 0.05) is 0 Å². The van der Waals surface area contributed by atoms with Crippen molar-refractivity contribution in [3.05, 3.63) is 0 Å². The normalized spacial score (nSPS) is 4.50. The van der Waals surface area contributed by atoms with Crippen LogP contribution >= 0.6 is 0 Å². The fourth-order valence-electron chi connectivity index (χ4n) is 0. The topological polar surface area (TPSA) is 31.5 Å². The molecule has 0 bridgehead atoms. The molecule has 0 fully saturated rings. The molecule has 0 aliphatic heterocycles. The fraction of sp³-hybridized carbons (Fsp3) is 1.00. The summed E-state index contributed by atoms with van der Waals surface area (Å²) in [4.78, 5) is 0. The highest BCUT2D eigenvalue weighted by Gasteiger charge is 1.35. The van der Waals surface area contributed by atoms with Crippen LogP contribution in [0, 0.1) is 0 Å². The van der Waals surface area contributed by atoms with Gasteiger partial charge in [0.15, 0.2) is 0 Å². The van der Waals surface area contributed by atoms with Crippen LogP contribution in [0.2, 0.25) is 0 Å². The highest BCUT2D eigenvalue weighted by Crippen LogP contribution is 1.56. The van der Waals surface area contributed by atoms with Crippen LogP contribution in [0.25, 0.3) is 0 Å². The second-order valence-corrected chi connectivity index (χ2v) is 0.707. The van der Waals surface area contributed by atoms with E-state index in [0.717, 1.165) is 0 Å². The van der Waals surface area contributed by atoms with Crippen LogP contribution in [0.15, 0.2) is 0 Å². The number of rotatable bonds is 0. The second-order valence-electron chi connectivity index (χ2n) is 0.707. The zero-order valence-corrected chi connectivity index (χ0v) is 3.21. The molecule has 0 amide bonds. The quantitative estimate of drug-likeness (QED) is 0.393. The smallest absolute Gasteiger partial charge is 0.0590 e. The molecule has 0 saturated heterocycles. The maximum Gasteiger partial charge on any atom is -0.0590 e. The third-order valence-electron chi connectivity index (χ3n) is 0. The predicted octanol–water partition coefficient (Wildman–Crippen LogP) is 0.592. The van der Waals surface area contributed by atoms with Crippen LogP contribution < -0.4 is 0 Å². The van der Waals surface area contributed by atoms with E-state index in [1.807, 2.05) is 0 Å². The molecule has 0 spiro atoms. The minimum atomic E-state index is 0. The van der Waals surface area contributed by atoms with E-state index in [0.29, 0.717) is 0 Å².